The molecule has 104 valence electrons. The molecule has 3 N–H and O–H groups in total. The van der Waals surface area contributed by atoms with Crippen LogP contribution in [0.1, 0.15) is 37.0 Å². The Labute approximate surface area is 114 Å². The second-order valence-electron chi connectivity index (χ2n) is 5.37. The lowest BCUT2D eigenvalue weighted by molar-refractivity contribution is 0.0944. The van der Waals surface area contributed by atoms with Crippen molar-refractivity contribution in [2.45, 2.75) is 38.8 Å². The summed E-state index contributed by atoms with van der Waals surface area (Å²) in [6.45, 7) is 4.41. The smallest absolute Gasteiger partial charge is 0.255 e. The Balaban J connectivity index is 1.97. The Hall–Kier alpha value is -1.55. The lowest BCUT2D eigenvalue weighted by atomic mass is 10.1. The van der Waals surface area contributed by atoms with E-state index in [2.05, 4.69) is 5.32 Å². The molecular formula is C15H22N2O2. The summed E-state index contributed by atoms with van der Waals surface area (Å²) in [4.78, 5) is 12.1. The average molecular weight is 262 g/mol. The van der Waals surface area contributed by atoms with Crippen LogP contribution in [0.4, 0.5) is 0 Å². The second-order valence-corrected chi connectivity index (χ2v) is 5.37. The van der Waals surface area contributed by atoms with E-state index >= 15 is 0 Å². The number of para-hydroxylation sites is 1. The van der Waals surface area contributed by atoms with E-state index in [0.29, 0.717) is 23.8 Å². The van der Waals surface area contributed by atoms with Gasteiger partial charge in [0.05, 0.1) is 11.7 Å². The summed E-state index contributed by atoms with van der Waals surface area (Å²) in [6, 6.07) is 7.36. The molecule has 1 fully saturated rings. The molecule has 1 aromatic rings. The van der Waals surface area contributed by atoms with Gasteiger partial charge in [-0.05, 0) is 44.7 Å². The highest BCUT2D eigenvalue weighted by atomic mass is 16.5. The summed E-state index contributed by atoms with van der Waals surface area (Å²) in [5, 5.41) is 2.89. The molecule has 0 aliphatic heterocycles. The average Bonchev–Trinajstić information content (AvgIpc) is 3.19. The van der Waals surface area contributed by atoms with Crippen LogP contribution in [-0.2, 0) is 0 Å². The minimum Gasteiger partial charge on any atom is -0.490 e. The molecule has 0 radical (unpaired) electrons. The summed E-state index contributed by atoms with van der Waals surface area (Å²) >= 11 is 0. The van der Waals surface area contributed by atoms with Crippen molar-refractivity contribution in [2.24, 2.45) is 11.7 Å². The van der Waals surface area contributed by atoms with Gasteiger partial charge in [-0.2, -0.15) is 0 Å². The fourth-order valence-corrected chi connectivity index (χ4v) is 2.01. The maximum atomic E-state index is 12.1. The van der Waals surface area contributed by atoms with Crippen LogP contribution in [0, 0.1) is 5.92 Å². The highest BCUT2D eigenvalue weighted by molar-refractivity contribution is 5.96. The molecule has 1 aliphatic rings. The molecule has 0 heterocycles. The molecular weight excluding hydrogens is 240 g/mol. The highest BCUT2D eigenvalue weighted by Gasteiger charge is 2.28. The van der Waals surface area contributed by atoms with Crippen molar-refractivity contribution in [2.75, 3.05) is 6.54 Å². The maximum absolute atomic E-state index is 12.1. The van der Waals surface area contributed by atoms with Gasteiger partial charge in [0.2, 0.25) is 0 Å². The van der Waals surface area contributed by atoms with Crippen LogP contribution in [0.3, 0.4) is 0 Å². The predicted octanol–water partition coefficient (Wildman–Crippen LogP) is 1.94. The number of amides is 1. The highest BCUT2D eigenvalue weighted by Crippen LogP contribution is 2.31. The molecule has 1 unspecified atom stereocenters. The van der Waals surface area contributed by atoms with Gasteiger partial charge in [-0.25, -0.2) is 0 Å². The quantitative estimate of drug-likeness (QED) is 0.823. The van der Waals surface area contributed by atoms with Gasteiger partial charge in [-0.1, -0.05) is 12.1 Å². The first kappa shape index (κ1) is 13.9. The van der Waals surface area contributed by atoms with Crippen molar-refractivity contribution in [3.63, 3.8) is 0 Å². The number of carbonyl (C=O) groups excluding carboxylic acids is 1. The number of nitrogens with one attached hydrogen (secondary N) is 1. The third kappa shape index (κ3) is 3.96. The van der Waals surface area contributed by atoms with Gasteiger partial charge >= 0.3 is 0 Å². The largest absolute Gasteiger partial charge is 0.490 e. The van der Waals surface area contributed by atoms with E-state index in [1.807, 2.05) is 32.0 Å². The topological polar surface area (TPSA) is 64.3 Å². The summed E-state index contributed by atoms with van der Waals surface area (Å²) in [7, 11) is 0. The molecule has 2 rings (SSSR count). The first-order chi connectivity index (χ1) is 9.08. The van der Waals surface area contributed by atoms with Gasteiger partial charge in [-0.15, -0.1) is 0 Å². The van der Waals surface area contributed by atoms with Crippen LogP contribution < -0.4 is 15.8 Å². The number of benzene rings is 1. The zero-order valence-electron chi connectivity index (χ0n) is 11.6. The Morgan fingerprint density at radius 2 is 2.11 bits per heavy atom. The van der Waals surface area contributed by atoms with Gasteiger partial charge in [0.1, 0.15) is 5.75 Å². The SMILES string of the molecule is CC(C)Oc1ccccc1C(=O)NCC(N)C1CC1. The van der Waals surface area contributed by atoms with Crippen LogP contribution in [-0.4, -0.2) is 24.6 Å². The van der Waals surface area contributed by atoms with E-state index in [0.717, 1.165) is 0 Å². The summed E-state index contributed by atoms with van der Waals surface area (Å²) in [5.41, 5.74) is 6.55. The minimum atomic E-state index is -0.118. The number of rotatable bonds is 6. The monoisotopic (exact) mass is 262 g/mol. The van der Waals surface area contributed by atoms with E-state index in [1.54, 1.807) is 6.07 Å². The van der Waals surface area contributed by atoms with Gasteiger partial charge in [0.15, 0.2) is 0 Å². The van der Waals surface area contributed by atoms with Crippen molar-refractivity contribution < 1.29 is 9.53 Å². The molecule has 4 nitrogen and oxygen atoms in total. The van der Waals surface area contributed by atoms with E-state index < -0.39 is 0 Å². The zero-order chi connectivity index (χ0) is 13.8. The molecule has 1 saturated carbocycles. The molecule has 1 aliphatic carbocycles. The standard InChI is InChI=1S/C15H22N2O2/c1-10(2)19-14-6-4-3-5-12(14)15(18)17-9-13(16)11-7-8-11/h3-6,10-11,13H,7-9,16H2,1-2H3,(H,17,18). The fraction of sp³-hybridized carbons (Fsp3) is 0.533. The van der Waals surface area contributed by atoms with E-state index in [-0.39, 0.29) is 18.1 Å². The summed E-state index contributed by atoms with van der Waals surface area (Å²) in [5.74, 6) is 1.09. The Morgan fingerprint density at radius 1 is 1.42 bits per heavy atom. The van der Waals surface area contributed by atoms with Crippen molar-refractivity contribution in [3.05, 3.63) is 29.8 Å². The van der Waals surface area contributed by atoms with Gasteiger partial charge < -0.3 is 15.8 Å². The lowest BCUT2D eigenvalue weighted by Crippen LogP contribution is -2.38. The molecule has 1 aromatic carbocycles. The van der Waals surface area contributed by atoms with Crippen molar-refractivity contribution >= 4 is 5.91 Å². The van der Waals surface area contributed by atoms with Crippen LogP contribution >= 0.6 is 0 Å². The Morgan fingerprint density at radius 3 is 2.74 bits per heavy atom. The third-order valence-corrected chi connectivity index (χ3v) is 3.22. The van der Waals surface area contributed by atoms with Crippen LogP contribution in [0.25, 0.3) is 0 Å². The number of hydrogen-bond donors (Lipinski definition) is 2. The molecule has 19 heavy (non-hydrogen) atoms. The number of ether oxygens (including phenoxy) is 1. The first-order valence-electron chi connectivity index (χ1n) is 6.87. The van der Waals surface area contributed by atoms with Crippen LogP contribution in [0.15, 0.2) is 24.3 Å². The van der Waals surface area contributed by atoms with E-state index in [1.165, 1.54) is 12.8 Å². The van der Waals surface area contributed by atoms with Crippen molar-refractivity contribution in [3.8, 4) is 5.75 Å². The van der Waals surface area contributed by atoms with Crippen molar-refractivity contribution in [1.82, 2.24) is 5.32 Å². The van der Waals surface area contributed by atoms with E-state index in [9.17, 15) is 4.79 Å². The summed E-state index contributed by atoms with van der Waals surface area (Å²) < 4.78 is 5.64. The third-order valence-electron chi connectivity index (χ3n) is 3.22. The second kappa shape index (κ2) is 6.06. The summed E-state index contributed by atoms with van der Waals surface area (Å²) in [6.07, 6.45) is 2.41. The number of nitrogens with two attached hydrogens (primary N) is 1. The first-order valence-corrected chi connectivity index (χ1v) is 6.87. The lowest BCUT2D eigenvalue weighted by Gasteiger charge is -2.15. The van der Waals surface area contributed by atoms with Crippen LogP contribution in [0.2, 0.25) is 0 Å². The predicted molar refractivity (Wildman–Crippen MR) is 75.2 cm³/mol. The van der Waals surface area contributed by atoms with Gasteiger partial charge in [-0.3, -0.25) is 4.79 Å². The van der Waals surface area contributed by atoms with E-state index in [4.69, 9.17) is 10.5 Å². The molecule has 0 saturated heterocycles. The number of hydrogen-bond acceptors (Lipinski definition) is 3. The van der Waals surface area contributed by atoms with Crippen LogP contribution in [0.5, 0.6) is 5.75 Å². The maximum Gasteiger partial charge on any atom is 0.255 e. The molecule has 0 spiro atoms. The van der Waals surface area contributed by atoms with Crippen molar-refractivity contribution in [1.29, 1.82) is 0 Å². The molecule has 0 aromatic heterocycles. The molecule has 1 atom stereocenters. The Bertz CT molecular complexity index is 442. The normalized spacial score (nSPS) is 16.2. The zero-order valence-corrected chi connectivity index (χ0v) is 11.6. The van der Waals surface area contributed by atoms with Gasteiger partial charge in [0, 0.05) is 12.6 Å². The minimum absolute atomic E-state index is 0.0441. The molecule has 4 heteroatoms. The van der Waals surface area contributed by atoms with Gasteiger partial charge in [0.25, 0.3) is 5.91 Å². The fourth-order valence-electron chi connectivity index (χ4n) is 2.01. The molecule has 1 amide bonds. The number of carbonyl (C=O) groups is 1. The Kier molecular flexibility index (Phi) is 4.43. The molecule has 0 bridgehead atoms.